The predicted molar refractivity (Wildman–Crippen MR) is 94.1 cm³/mol. The number of aryl methyl sites for hydroxylation is 1. The summed E-state index contributed by atoms with van der Waals surface area (Å²) in [4.78, 5) is 16.3. The molecule has 0 unspecified atom stereocenters. The van der Waals surface area contributed by atoms with Crippen LogP contribution < -0.4 is 5.32 Å². The highest BCUT2D eigenvalue weighted by atomic mass is 16.1. The van der Waals surface area contributed by atoms with Crippen molar-refractivity contribution < 1.29 is 4.79 Å². The molecular weight excluding hydrogens is 286 g/mol. The first-order valence-electron chi connectivity index (χ1n) is 9.53. The smallest absolute Gasteiger partial charge is 0.223 e. The molecule has 1 aliphatic carbocycles. The second-order valence-electron chi connectivity index (χ2n) is 7.01. The fraction of sp³-hybridized carbons (Fsp3) is 0.789. The molecule has 4 heteroatoms. The Labute approximate surface area is 141 Å². The van der Waals surface area contributed by atoms with Gasteiger partial charge in [-0.2, -0.15) is 0 Å². The molecule has 2 rings (SSSR count). The van der Waals surface area contributed by atoms with E-state index in [1.165, 1.54) is 32.1 Å². The number of aromatic nitrogens is 2. The molecule has 1 saturated carbocycles. The third-order valence-corrected chi connectivity index (χ3v) is 5.13. The fourth-order valence-electron chi connectivity index (χ4n) is 3.58. The van der Waals surface area contributed by atoms with Crippen LogP contribution in [0.2, 0.25) is 0 Å². The van der Waals surface area contributed by atoms with Crippen molar-refractivity contribution in [3.63, 3.8) is 0 Å². The van der Waals surface area contributed by atoms with E-state index in [2.05, 4.69) is 21.8 Å². The molecule has 0 aliphatic heterocycles. The van der Waals surface area contributed by atoms with Gasteiger partial charge in [-0.25, -0.2) is 4.98 Å². The second-order valence-corrected chi connectivity index (χ2v) is 7.01. The van der Waals surface area contributed by atoms with Crippen LogP contribution in [0.5, 0.6) is 0 Å². The van der Waals surface area contributed by atoms with E-state index < -0.39 is 0 Å². The van der Waals surface area contributed by atoms with E-state index >= 15 is 0 Å². The lowest BCUT2D eigenvalue weighted by Crippen LogP contribution is -2.33. The van der Waals surface area contributed by atoms with Gasteiger partial charge in [0.1, 0.15) is 0 Å². The quantitative estimate of drug-likeness (QED) is 0.658. The SMILES string of the molecule is CCCCC1CCC(C(=O)NCCCCCn2ccnc2)CC1. The highest BCUT2D eigenvalue weighted by molar-refractivity contribution is 5.78. The third kappa shape index (κ3) is 6.76. The van der Waals surface area contributed by atoms with Gasteiger partial charge in [0, 0.05) is 31.4 Å². The average molecular weight is 319 g/mol. The molecule has 1 aliphatic rings. The molecule has 4 nitrogen and oxygen atoms in total. The Morgan fingerprint density at radius 1 is 1.17 bits per heavy atom. The van der Waals surface area contributed by atoms with Gasteiger partial charge in [-0.15, -0.1) is 0 Å². The monoisotopic (exact) mass is 319 g/mol. The average Bonchev–Trinajstić information content (AvgIpc) is 3.09. The maximum atomic E-state index is 12.2. The Balaban J connectivity index is 1.48. The molecule has 1 heterocycles. The maximum Gasteiger partial charge on any atom is 0.223 e. The first kappa shape index (κ1) is 18.0. The van der Waals surface area contributed by atoms with E-state index in [1.807, 2.05) is 18.7 Å². The summed E-state index contributed by atoms with van der Waals surface area (Å²) in [7, 11) is 0. The van der Waals surface area contributed by atoms with E-state index in [1.54, 1.807) is 0 Å². The standard InChI is InChI=1S/C19H33N3O/c1-2-3-7-17-8-10-18(11-9-17)19(23)21-12-5-4-6-14-22-15-13-20-16-22/h13,15-18H,2-12,14H2,1H3,(H,21,23). The third-order valence-electron chi connectivity index (χ3n) is 5.13. The number of imidazole rings is 1. The van der Waals surface area contributed by atoms with E-state index in [0.717, 1.165) is 51.1 Å². The van der Waals surface area contributed by atoms with Crippen LogP contribution in [0.15, 0.2) is 18.7 Å². The number of hydrogen-bond acceptors (Lipinski definition) is 2. The van der Waals surface area contributed by atoms with Gasteiger partial charge in [0.25, 0.3) is 0 Å². The minimum Gasteiger partial charge on any atom is -0.356 e. The van der Waals surface area contributed by atoms with Crippen molar-refractivity contribution in [3.05, 3.63) is 18.7 Å². The van der Waals surface area contributed by atoms with Crippen LogP contribution >= 0.6 is 0 Å². The normalized spacial score (nSPS) is 21.3. The van der Waals surface area contributed by atoms with Gasteiger partial charge < -0.3 is 9.88 Å². The van der Waals surface area contributed by atoms with Crippen molar-refractivity contribution in [2.45, 2.75) is 77.7 Å². The van der Waals surface area contributed by atoms with Crippen molar-refractivity contribution in [2.24, 2.45) is 11.8 Å². The Bertz CT molecular complexity index is 422. The van der Waals surface area contributed by atoms with Crippen molar-refractivity contribution in [1.82, 2.24) is 14.9 Å². The molecule has 0 bridgehead atoms. The van der Waals surface area contributed by atoms with Crippen molar-refractivity contribution >= 4 is 5.91 Å². The first-order valence-corrected chi connectivity index (χ1v) is 9.53. The van der Waals surface area contributed by atoms with Gasteiger partial charge in [-0.05, 0) is 50.9 Å². The number of nitrogens with zero attached hydrogens (tertiary/aromatic N) is 2. The molecule has 0 atom stereocenters. The van der Waals surface area contributed by atoms with Gasteiger partial charge in [-0.1, -0.05) is 26.2 Å². The number of carbonyl (C=O) groups excluding carboxylic acids is 1. The molecular formula is C19H33N3O. The molecule has 0 spiro atoms. The summed E-state index contributed by atoms with van der Waals surface area (Å²) in [6.45, 7) is 4.11. The van der Waals surface area contributed by atoms with Gasteiger partial charge in [-0.3, -0.25) is 4.79 Å². The van der Waals surface area contributed by atoms with Crippen LogP contribution in [-0.2, 0) is 11.3 Å². The number of rotatable bonds is 10. The maximum absolute atomic E-state index is 12.2. The van der Waals surface area contributed by atoms with E-state index in [9.17, 15) is 4.79 Å². The number of carbonyl (C=O) groups is 1. The summed E-state index contributed by atoms with van der Waals surface area (Å²) in [5.41, 5.74) is 0. The van der Waals surface area contributed by atoms with Crippen LogP contribution in [-0.4, -0.2) is 22.0 Å². The zero-order valence-corrected chi connectivity index (χ0v) is 14.7. The molecule has 0 radical (unpaired) electrons. The summed E-state index contributed by atoms with van der Waals surface area (Å²) in [6.07, 6.45) is 17.8. The van der Waals surface area contributed by atoms with Crippen molar-refractivity contribution in [3.8, 4) is 0 Å². The molecule has 0 saturated heterocycles. The lowest BCUT2D eigenvalue weighted by molar-refractivity contribution is -0.126. The summed E-state index contributed by atoms with van der Waals surface area (Å²) in [6, 6.07) is 0. The fourth-order valence-corrected chi connectivity index (χ4v) is 3.58. The summed E-state index contributed by atoms with van der Waals surface area (Å²) >= 11 is 0. The van der Waals surface area contributed by atoms with Crippen LogP contribution in [0.25, 0.3) is 0 Å². The zero-order chi connectivity index (χ0) is 16.3. The van der Waals surface area contributed by atoms with Crippen molar-refractivity contribution in [1.29, 1.82) is 0 Å². The molecule has 0 aromatic carbocycles. The summed E-state index contributed by atoms with van der Waals surface area (Å²) < 4.78 is 2.11. The molecule has 1 fully saturated rings. The molecule has 130 valence electrons. The van der Waals surface area contributed by atoms with E-state index in [-0.39, 0.29) is 5.92 Å². The Hall–Kier alpha value is -1.32. The lowest BCUT2D eigenvalue weighted by Gasteiger charge is -2.27. The number of nitrogens with one attached hydrogen (secondary N) is 1. The Morgan fingerprint density at radius 2 is 2.00 bits per heavy atom. The second kappa shape index (κ2) is 10.5. The summed E-state index contributed by atoms with van der Waals surface area (Å²) in [5.74, 6) is 1.45. The van der Waals surface area contributed by atoms with Gasteiger partial charge >= 0.3 is 0 Å². The Kier molecular flexibility index (Phi) is 8.19. The predicted octanol–water partition coefficient (Wildman–Crippen LogP) is 4.17. The molecule has 1 aromatic rings. The van der Waals surface area contributed by atoms with Crippen LogP contribution in [0.4, 0.5) is 0 Å². The minimum atomic E-state index is 0.277. The van der Waals surface area contributed by atoms with Crippen LogP contribution in [0, 0.1) is 11.8 Å². The molecule has 1 N–H and O–H groups in total. The largest absolute Gasteiger partial charge is 0.356 e. The summed E-state index contributed by atoms with van der Waals surface area (Å²) in [5, 5.41) is 3.15. The topological polar surface area (TPSA) is 46.9 Å². The van der Waals surface area contributed by atoms with Crippen LogP contribution in [0.3, 0.4) is 0 Å². The highest BCUT2D eigenvalue weighted by Gasteiger charge is 2.25. The Morgan fingerprint density at radius 3 is 2.70 bits per heavy atom. The minimum absolute atomic E-state index is 0.277. The van der Waals surface area contributed by atoms with E-state index in [0.29, 0.717) is 5.91 Å². The lowest BCUT2D eigenvalue weighted by atomic mass is 9.79. The zero-order valence-electron chi connectivity index (χ0n) is 14.7. The van der Waals surface area contributed by atoms with Crippen molar-refractivity contribution in [2.75, 3.05) is 6.54 Å². The van der Waals surface area contributed by atoms with Gasteiger partial charge in [0.2, 0.25) is 5.91 Å². The van der Waals surface area contributed by atoms with Crippen LogP contribution in [0.1, 0.15) is 71.1 Å². The number of amides is 1. The number of hydrogen-bond donors (Lipinski definition) is 1. The van der Waals surface area contributed by atoms with E-state index in [4.69, 9.17) is 0 Å². The van der Waals surface area contributed by atoms with Gasteiger partial charge in [0.15, 0.2) is 0 Å². The molecule has 1 aromatic heterocycles. The number of unbranched alkanes of at least 4 members (excludes halogenated alkanes) is 3. The first-order chi connectivity index (χ1) is 11.3. The highest BCUT2D eigenvalue weighted by Crippen LogP contribution is 2.31. The molecule has 23 heavy (non-hydrogen) atoms. The van der Waals surface area contributed by atoms with Gasteiger partial charge in [0.05, 0.1) is 6.33 Å². The molecule has 1 amide bonds.